The van der Waals surface area contributed by atoms with Crippen molar-refractivity contribution in [2.24, 2.45) is 4.99 Å². The maximum absolute atomic E-state index is 8.95. The van der Waals surface area contributed by atoms with Crippen LogP contribution in [-0.4, -0.2) is 19.1 Å². The van der Waals surface area contributed by atoms with Gasteiger partial charge >= 0.3 is 6.02 Å². The predicted molar refractivity (Wildman–Crippen MR) is 98.8 cm³/mol. The van der Waals surface area contributed by atoms with Crippen LogP contribution in [0.3, 0.4) is 0 Å². The van der Waals surface area contributed by atoms with Crippen molar-refractivity contribution in [2.45, 2.75) is 31.7 Å². The first-order chi connectivity index (χ1) is 12.3. The maximum Gasteiger partial charge on any atom is 0.309 e. The largest absolute Gasteiger partial charge is 0.425 e. The lowest BCUT2D eigenvalue weighted by Gasteiger charge is -2.11. The highest BCUT2D eigenvalue weighted by Gasteiger charge is 2.15. The van der Waals surface area contributed by atoms with Crippen LogP contribution in [0.1, 0.15) is 24.0 Å². The molecule has 0 aliphatic heterocycles. The third-order valence-corrected chi connectivity index (χ3v) is 4.47. The summed E-state index contributed by atoms with van der Waals surface area (Å²) >= 11 is 0. The Morgan fingerprint density at radius 3 is 2.60 bits per heavy atom. The van der Waals surface area contributed by atoms with E-state index in [1.54, 1.807) is 0 Å². The zero-order valence-corrected chi connectivity index (χ0v) is 14.3. The fourth-order valence-electron chi connectivity index (χ4n) is 3.09. The molecule has 3 rings (SSSR count). The number of nitrogens with one attached hydrogen (secondary N) is 2. The monoisotopic (exact) mass is 334 g/mol. The molecule has 0 saturated heterocycles. The van der Waals surface area contributed by atoms with Gasteiger partial charge in [-0.1, -0.05) is 24.3 Å². The number of nitriles is 1. The van der Waals surface area contributed by atoms with Crippen molar-refractivity contribution in [3.63, 3.8) is 0 Å². The van der Waals surface area contributed by atoms with E-state index in [9.17, 15) is 0 Å². The van der Waals surface area contributed by atoms with Crippen LogP contribution in [0.2, 0.25) is 0 Å². The summed E-state index contributed by atoms with van der Waals surface area (Å²) in [6, 6.07) is 16.3. The fraction of sp³-hybridized carbons (Fsp3) is 0.300. The Morgan fingerprint density at radius 2 is 1.88 bits per heavy atom. The lowest BCUT2D eigenvalue weighted by molar-refractivity contribution is 0.503. The summed E-state index contributed by atoms with van der Waals surface area (Å²) in [5, 5.41) is 14.8. The molecule has 0 heterocycles. The average Bonchev–Trinajstić information content (AvgIpc) is 2.84. The van der Waals surface area contributed by atoms with Gasteiger partial charge in [-0.2, -0.15) is 10.3 Å². The highest BCUT2D eigenvalue weighted by Crippen LogP contribution is 2.25. The molecule has 5 nitrogen and oxygen atoms in total. The van der Waals surface area contributed by atoms with Gasteiger partial charge < -0.3 is 10.1 Å². The number of rotatable bonds is 3. The number of aryl methyl sites for hydroxylation is 2. The van der Waals surface area contributed by atoms with Crippen molar-refractivity contribution in [1.29, 1.82) is 5.26 Å². The molecule has 2 aromatic rings. The molecule has 0 fully saturated rings. The van der Waals surface area contributed by atoms with Crippen LogP contribution in [0.4, 0.5) is 5.69 Å². The Morgan fingerprint density at radius 1 is 1.12 bits per heavy atom. The Balaban J connectivity index is 1.81. The smallest absolute Gasteiger partial charge is 0.309 e. The SMILES string of the molecule is CN[C@H]1CCc2ccc(N=C(NC#N)Oc3ccccc3)cc2CC1. The van der Waals surface area contributed by atoms with Gasteiger partial charge in [0.2, 0.25) is 0 Å². The van der Waals surface area contributed by atoms with Crippen molar-refractivity contribution in [3.05, 3.63) is 59.7 Å². The lowest BCUT2D eigenvalue weighted by Crippen LogP contribution is -2.24. The van der Waals surface area contributed by atoms with Gasteiger partial charge in [-0.05, 0) is 68.1 Å². The van der Waals surface area contributed by atoms with Gasteiger partial charge in [-0.15, -0.1) is 0 Å². The minimum Gasteiger partial charge on any atom is -0.425 e. The Bertz CT molecular complexity index is 780. The van der Waals surface area contributed by atoms with E-state index in [1.165, 1.54) is 11.1 Å². The molecular formula is C20H22N4O. The Hall–Kier alpha value is -2.84. The summed E-state index contributed by atoms with van der Waals surface area (Å²) in [4.78, 5) is 4.47. The second-order valence-corrected chi connectivity index (χ2v) is 6.08. The second-order valence-electron chi connectivity index (χ2n) is 6.08. The predicted octanol–water partition coefficient (Wildman–Crippen LogP) is 3.29. The molecule has 0 unspecified atom stereocenters. The molecule has 2 aromatic carbocycles. The molecule has 5 heteroatoms. The topological polar surface area (TPSA) is 69.4 Å². The highest BCUT2D eigenvalue weighted by molar-refractivity contribution is 5.80. The number of hydrogen-bond donors (Lipinski definition) is 2. The first-order valence-corrected chi connectivity index (χ1v) is 8.54. The van der Waals surface area contributed by atoms with Crippen molar-refractivity contribution in [1.82, 2.24) is 10.6 Å². The lowest BCUT2D eigenvalue weighted by atomic mass is 10.0. The van der Waals surface area contributed by atoms with Crippen LogP contribution in [0, 0.1) is 11.5 Å². The fourth-order valence-corrected chi connectivity index (χ4v) is 3.09. The van der Waals surface area contributed by atoms with E-state index < -0.39 is 0 Å². The van der Waals surface area contributed by atoms with Gasteiger partial charge in [-0.25, -0.2) is 5.32 Å². The van der Waals surface area contributed by atoms with E-state index in [4.69, 9.17) is 10.00 Å². The number of hydrogen-bond acceptors (Lipinski definition) is 4. The van der Waals surface area contributed by atoms with Gasteiger partial charge in [0.05, 0.1) is 5.69 Å². The average molecular weight is 334 g/mol. The number of nitrogens with zero attached hydrogens (tertiary/aromatic N) is 2. The summed E-state index contributed by atoms with van der Waals surface area (Å²) in [7, 11) is 2.02. The molecule has 128 valence electrons. The molecule has 2 N–H and O–H groups in total. The van der Waals surface area contributed by atoms with Crippen LogP contribution in [0.5, 0.6) is 5.75 Å². The summed E-state index contributed by atoms with van der Waals surface area (Å²) in [5.74, 6) is 0.635. The van der Waals surface area contributed by atoms with Gasteiger partial charge in [0.25, 0.3) is 0 Å². The van der Waals surface area contributed by atoms with Crippen molar-refractivity contribution >= 4 is 11.7 Å². The first kappa shape index (κ1) is 17.0. The molecule has 0 saturated carbocycles. The van der Waals surface area contributed by atoms with Crippen molar-refractivity contribution < 1.29 is 4.74 Å². The molecule has 1 aliphatic carbocycles. The summed E-state index contributed by atoms with van der Waals surface area (Å²) < 4.78 is 5.67. The first-order valence-electron chi connectivity index (χ1n) is 8.54. The normalized spacial score (nSPS) is 17.1. The van der Waals surface area contributed by atoms with E-state index >= 15 is 0 Å². The molecular weight excluding hydrogens is 312 g/mol. The molecule has 1 aliphatic rings. The van der Waals surface area contributed by atoms with E-state index in [1.807, 2.05) is 49.6 Å². The third-order valence-electron chi connectivity index (χ3n) is 4.47. The molecule has 0 bridgehead atoms. The standard InChI is InChI=1S/C20H22N4O/c1-22-17-10-7-15-8-12-18(13-16(15)9-11-17)24-20(23-14-21)25-19-5-3-2-4-6-19/h2-6,8,12-13,17,22H,7,9-11H2,1H3,(H,23,24)/t17-/m0/s1. The number of aliphatic imine (C=N–C) groups is 1. The molecule has 0 aromatic heterocycles. The number of para-hydroxylation sites is 1. The van der Waals surface area contributed by atoms with E-state index in [2.05, 4.69) is 27.8 Å². The van der Waals surface area contributed by atoms with Crippen LogP contribution in [-0.2, 0) is 12.8 Å². The minimum atomic E-state index is 0.176. The number of benzene rings is 2. The summed E-state index contributed by atoms with van der Waals surface area (Å²) in [6.07, 6.45) is 6.27. The summed E-state index contributed by atoms with van der Waals surface area (Å²) in [6.45, 7) is 0. The van der Waals surface area contributed by atoms with Crippen LogP contribution in [0.25, 0.3) is 0 Å². The van der Waals surface area contributed by atoms with E-state index in [0.29, 0.717) is 11.8 Å². The van der Waals surface area contributed by atoms with Crippen molar-refractivity contribution in [3.8, 4) is 11.9 Å². The van der Waals surface area contributed by atoms with Crippen molar-refractivity contribution in [2.75, 3.05) is 7.05 Å². The molecule has 1 atom stereocenters. The molecule has 0 amide bonds. The van der Waals surface area contributed by atoms with Gasteiger partial charge in [0, 0.05) is 6.04 Å². The zero-order valence-electron chi connectivity index (χ0n) is 14.3. The van der Waals surface area contributed by atoms with Crippen LogP contribution in [0.15, 0.2) is 53.5 Å². The number of ether oxygens (including phenoxy) is 1. The second kappa shape index (κ2) is 8.32. The number of fused-ring (bicyclic) bond motifs is 1. The van der Waals surface area contributed by atoms with Crippen LogP contribution < -0.4 is 15.4 Å². The molecule has 25 heavy (non-hydrogen) atoms. The van der Waals surface area contributed by atoms with Gasteiger partial charge in [0.1, 0.15) is 5.75 Å². The number of amidine groups is 1. The van der Waals surface area contributed by atoms with Gasteiger partial charge in [0.15, 0.2) is 6.19 Å². The third kappa shape index (κ3) is 4.59. The highest BCUT2D eigenvalue weighted by atomic mass is 16.5. The molecule has 0 radical (unpaired) electrons. The summed E-state index contributed by atoms with van der Waals surface area (Å²) in [5.41, 5.74) is 3.50. The van der Waals surface area contributed by atoms with E-state index in [-0.39, 0.29) is 6.02 Å². The minimum absolute atomic E-state index is 0.176. The Labute approximate surface area is 148 Å². The zero-order chi connectivity index (χ0) is 17.5. The van der Waals surface area contributed by atoms with Crippen LogP contribution >= 0.6 is 0 Å². The van der Waals surface area contributed by atoms with E-state index in [0.717, 1.165) is 31.4 Å². The Kier molecular flexibility index (Phi) is 5.65. The van der Waals surface area contributed by atoms with Gasteiger partial charge in [-0.3, -0.25) is 0 Å². The molecule has 0 spiro atoms. The maximum atomic E-state index is 8.95. The quantitative estimate of drug-likeness (QED) is 0.297.